The maximum absolute atomic E-state index is 6.43. The second-order valence-electron chi connectivity index (χ2n) is 5.52. The number of aryl methyl sites for hydroxylation is 3. The summed E-state index contributed by atoms with van der Waals surface area (Å²) < 4.78 is 2.08. The smallest absolute Gasteiger partial charge is 0.108 e. The van der Waals surface area contributed by atoms with Gasteiger partial charge in [0.25, 0.3) is 0 Å². The number of aromatic nitrogens is 2. The fourth-order valence-electron chi connectivity index (χ4n) is 2.51. The van der Waals surface area contributed by atoms with Crippen molar-refractivity contribution in [2.45, 2.75) is 39.2 Å². The summed E-state index contributed by atoms with van der Waals surface area (Å²) >= 11 is 6.43. The third-order valence-corrected chi connectivity index (χ3v) is 4.08. The van der Waals surface area contributed by atoms with E-state index >= 15 is 0 Å². The fraction of sp³-hybridized carbons (Fsp3) is 0.471. The van der Waals surface area contributed by atoms with Crippen molar-refractivity contribution in [1.82, 2.24) is 14.9 Å². The molecule has 0 saturated carbocycles. The van der Waals surface area contributed by atoms with Gasteiger partial charge in [-0.2, -0.15) is 0 Å². The monoisotopic (exact) mass is 305 g/mol. The molecule has 114 valence electrons. The molecule has 1 atom stereocenters. The van der Waals surface area contributed by atoms with Crippen molar-refractivity contribution in [2.24, 2.45) is 7.05 Å². The first-order valence-corrected chi connectivity index (χ1v) is 7.95. The highest BCUT2D eigenvalue weighted by molar-refractivity contribution is 6.31. The van der Waals surface area contributed by atoms with Crippen molar-refractivity contribution in [3.63, 3.8) is 0 Å². The minimum absolute atomic E-state index is 0.273. The number of rotatable bonds is 7. The van der Waals surface area contributed by atoms with Gasteiger partial charge in [0.2, 0.25) is 0 Å². The molecule has 1 aromatic heterocycles. The molecule has 3 nitrogen and oxygen atoms in total. The molecule has 0 amide bonds. The Labute approximate surface area is 132 Å². The van der Waals surface area contributed by atoms with E-state index in [-0.39, 0.29) is 6.04 Å². The maximum Gasteiger partial charge on any atom is 0.108 e. The Morgan fingerprint density at radius 2 is 2.19 bits per heavy atom. The number of nitrogens with zero attached hydrogens (tertiary/aromatic N) is 2. The zero-order chi connectivity index (χ0) is 15.2. The molecule has 1 unspecified atom stereocenters. The topological polar surface area (TPSA) is 29.9 Å². The van der Waals surface area contributed by atoms with Gasteiger partial charge in [-0.25, -0.2) is 4.98 Å². The zero-order valence-corrected chi connectivity index (χ0v) is 13.8. The highest BCUT2D eigenvalue weighted by Crippen LogP contribution is 2.27. The van der Waals surface area contributed by atoms with Crippen molar-refractivity contribution >= 4 is 11.6 Å². The molecule has 2 aromatic rings. The Hall–Kier alpha value is -1.32. The standard InChI is InChI=1S/C17H24ClN3/c1-4-9-19-16(7-8-17-20-10-11-21(17)3)14-6-5-13(2)12-15(14)18/h5-6,10-12,16,19H,4,7-9H2,1-3H3. The number of halogens is 1. The van der Waals surface area contributed by atoms with Gasteiger partial charge in [0, 0.05) is 36.9 Å². The van der Waals surface area contributed by atoms with Crippen molar-refractivity contribution in [1.29, 1.82) is 0 Å². The summed E-state index contributed by atoms with van der Waals surface area (Å²) in [4.78, 5) is 4.40. The lowest BCUT2D eigenvalue weighted by atomic mass is 10.00. The molecule has 0 bridgehead atoms. The molecule has 21 heavy (non-hydrogen) atoms. The molecule has 1 aromatic carbocycles. The SMILES string of the molecule is CCCNC(CCc1nccn1C)c1ccc(C)cc1Cl. The van der Waals surface area contributed by atoms with Crippen LogP contribution in [0.3, 0.4) is 0 Å². The minimum atomic E-state index is 0.273. The van der Waals surface area contributed by atoms with Crippen LogP contribution < -0.4 is 5.32 Å². The number of hydrogen-bond donors (Lipinski definition) is 1. The third kappa shape index (κ3) is 4.32. The molecular formula is C17H24ClN3. The molecule has 0 aliphatic carbocycles. The molecule has 0 saturated heterocycles. The first-order chi connectivity index (χ1) is 10.1. The number of nitrogens with one attached hydrogen (secondary N) is 1. The van der Waals surface area contributed by atoms with Gasteiger partial charge in [0.05, 0.1) is 0 Å². The Kier molecular flexibility index (Phi) is 5.83. The van der Waals surface area contributed by atoms with Crippen LogP contribution in [0.25, 0.3) is 0 Å². The van der Waals surface area contributed by atoms with E-state index in [2.05, 4.69) is 40.8 Å². The van der Waals surface area contributed by atoms with Gasteiger partial charge in [-0.3, -0.25) is 0 Å². The molecule has 0 radical (unpaired) electrons. The Bertz CT molecular complexity index is 577. The number of benzene rings is 1. The second-order valence-corrected chi connectivity index (χ2v) is 5.93. The van der Waals surface area contributed by atoms with E-state index in [1.54, 1.807) is 0 Å². The quantitative estimate of drug-likeness (QED) is 0.836. The van der Waals surface area contributed by atoms with Crippen LogP contribution >= 0.6 is 11.6 Å². The van der Waals surface area contributed by atoms with Crippen molar-refractivity contribution in [3.05, 3.63) is 52.6 Å². The van der Waals surface area contributed by atoms with Gasteiger partial charge in [-0.05, 0) is 43.5 Å². The number of imidazole rings is 1. The van der Waals surface area contributed by atoms with E-state index < -0.39 is 0 Å². The van der Waals surface area contributed by atoms with Gasteiger partial charge in [0.1, 0.15) is 5.82 Å². The lowest BCUT2D eigenvalue weighted by Crippen LogP contribution is -2.23. The molecule has 1 N–H and O–H groups in total. The summed E-state index contributed by atoms with van der Waals surface area (Å²) in [5, 5.41) is 4.46. The van der Waals surface area contributed by atoms with Crippen LogP contribution in [0.4, 0.5) is 0 Å². The van der Waals surface area contributed by atoms with Gasteiger partial charge >= 0.3 is 0 Å². The summed E-state index contributed by atoms with van der Waals surface area (Å²) in [5.74, 6) is 1.11. The minimum Gasteiger partial charge on any atom is -0.338 e. The Morgan fingerprint density at radius 1 is 1.38 bits per heavy atom. The average Bonchev–Trinajstić information content (AvgIpc) is 2.85. The summed E-state index contributed by atoms with van der Waals surface area (Å²) in [6, 6.07) is 6.58. The van der Waals surface area contributed by atoms with Crippen molar-refractivity contribution < 1.29 is 0 Å². The first-order valence-electron chi connectivity index (χ1n) is 7.57. The molecule has 0 aliphatic heterocycles. The van der Waals surface area contributed by atoms with Gasteiger partial charge < -0.3 is 9.88 Å². The largest absolute Gasteiger partial charge is 0.338 e. The fourth-order valence-corrected chi connectivity index (χ4v) is 2.88. The summed E-state index contributed by atoms with van der Waals surface area (Å²) in [5.41, 5.74) is 2.38. The van der Waals surface area contributed by atoms with Gasteiger partial charge in [-0.1, -0.05) is 30.7 Å². The first kappa shape index (κ1) is 16.1. The average molecular weight is 306 g/mol. The van der Waals surface area contributed by atoms with E-state index in [1.165, 1.54) is 11.1 Å². The van der Waals surface area contributed by atoms with Crippen LogP contribution in [0.2, 0.25) is 5.02 Å². The van der Waals surface area contributed by atoms with E-state index in [4.69, 9.17) is 11.6 Å². The van der Waals surface area contributed by atoms with Crippen LogP contribution in [0.1, 0.15) is 42.8 Å². The number of hydrogen-bond acceptors (Lipinski definition) is 2. The van der Waals surface area contributed by atoms with E-state index in [0.29, 0.717) is 0 Å². The lowest BCUT2D eigenvalue weighted by Gasteiger charge is -2.20. The van der Waals surface area contributed by atoms with Gasteiger partial charge in [0.15, 0.2) is 0 Å². The lowest BCUT2D eigenvalue weighted by molar-refractivity contribution is 0.491. The second kappa shape index (κ2) is 7.62. The van der Waals surface area contributed by atoms with E-state index in [1.807, 2.05) is 25.5 Å². The molecule has 0 fully saturated rings. The van der Waals surface area contributed by atoms with Crippen molar-refractivity contribution in [2.75, 3.05) is 6.54 Å². The Balaban J connectivity index is 2.12. The van der Waals surface area contributed by atoms with E-state index in [9.17, 15) is 0 Å². The van der Waals surface area contributed by atoms with Crippen LogP contribution in [0.5, 0.6) is 0 Å². The summed E-state index contributed by atoms with van der Waals surface area (Å²) in [6.45, 7) is 5.24. The van der Waals surface area contributed by atoms with Crippen LogP contribution in [-0.4, -0.2) is 16.1 Å². The molecule has 4 heteroatoms. The maximum atomic E-state index is 6.43. The molecule has 2 rings (SSSR count). The van der Waals surface area contributed by atoms with Crippen LogP contribution in [-0.2, 0) is 13.5 Å². The summed E-state index contributed by atoms with van der Waals surface area (Å²) in [6.07, 6.45) is 6.89. The van der Waals surface area contributed by atoms with Crippen LogP contribution in [0, 0.1) is 6.92 Å². The van der Waals surface area contributed by atoms with Crippen LogP contribution in [0.15, 0.2) is 30.6 Å². The molecule has 0 aliphatic rings. The molecule has 0 spiro atoms. The highest BCUT2D eigenvalue weighted by atomic mass is 35.5. The third-order valence-electron chi connectivity index (χ3n) is 3.75. The van der Waals surface area contributed by atoms with Gasteiger partial charge in [-0.15, -0.1) is 0 Å². The summed E-state index contributed by atoms with van der Waals surface area (Å²) in [7, 11) is 2.04. The normalized spacial score (nSPS) is 12.6. The molecular weight excluding hydrogens is 282 g/mol. The predicted molar refractivity (Wildman–Crippen MR) is 88.8 cm³/mol. The Morgan fingerprint density at radius 3 is 2.81 bits per heavy atom. The predicted octanol–water partition coefficient (Wildman–Crippen LogP) is 4.06. The van der Waals surface area contributed by atoms with E-state index in [0.717, 1.165) is 36.7 Å². The molecule has 1 heterocycles. The van der Waals surface area contributed by atoms with Crippen molar-refractivity contribution in [3.8, 4) is 0 Å². The zero-order valence-electron chi connectivity index (χ0n) is 13.1. The highest BCUT2D eigenvalue weighted by Gasteiger charge is 2.15.